The maximum atomic E-state index is 12.3. The number of hydrogen-bond donors (Lipinski definition) is 1. The highest BCUT2D eigenvalue weighted by molar-refractivity contribution is 9.10. The van der Waals surface area contributed by atoms with Crippen LogP contribution in [0.25, 0.3) is 5.69 Å². The van der Waals surface area contributed by atoms with Gasteiger partial charge in [0.2, 0.25) is 5.91 Å². The average Bonchev–Trinajstić information content (AvgIpc) is 2.94. The topological polar surface area (TPSA) is 46.4 Å². The number of aromatic nitrogens is 1. The number of benzene rings is 2. The Bertz CT molecular complexity index is 1100. The second-order valence-electron chi connectivity index (χ2n) is 7.50. The van der Waals surface area contributed by atoms with Gasteiger partial charge in [-0.05, 0) is 69.5 Å². The normalized spacial score (nSPS) is 11.2. The number of aryl methyl sites for hydroxylation is 4. The van der Waals surface area contributed by atoms with Gasteiger partial charge in [0.1, 0.15) is 0 Å². The predicted molar refractivity (Wildman–Crippen MR) is 123 cm³/mol. The Kier molecular flexibility index (Phi) is 6.38. The molecule has 0 fully saturated rings. The van der Waals surface area contributed by atoms with Gasteiger partial charge < -0.3 is 4.57 Å². The Morgan fingerprint density at radius 2 is 1.76 bits per heavy atom. The number of halogens is 1. The summed E-state index contributed by atoms with van der Waals surface area (Å²) in [5.74, 6) is -0.119. The van der Waals surface area contributed by atoms with E-state index in [0.717, 1.165) is 43.8 Å². The van der Waals surface area contributed by atoms with Crippen LogP contribution in [0.2, 0.25) is 0 Å². The van der Waals surface area contributed by atoms with E-state index in [9.17, 15) is 4.79 Å². The van der Waals surface area contributed by atoms with E-state index in [1.807, 2.05) is 26.0 Å². The zero-order valence-electron chi connectivity index (χ0n) is 17.5. The van der Waals surface area contributed by atoms with Gasteiger partial charge in [0, 0.05) is 27.1 Å². The monoisotopic (exact) mass is 451 g/mol. The van der Waals surface area contributed by atoms with E-state index in [-0.39, 0.29) is 5.91 Å². The molecule has 3 rings (SSSR count). The van der Waals surface area contributed by atoms with E-state index in [0.29, 0.717) is 6.42 Å². The minimum Gasteiger partial charge on any atom is -0.318 e. The third kappa shape index (κ3) is 4.85. The lowest BCUT2D eigenvalue weighted by Crippen LogP contribution is -2.20. The molecule has 0 saturated heterocycles. The molecule has 1 amide bonds. The summed E-state index contributed by atoms with van der Waals surface area (Å²) >= 11 is 3.61. The third-order valence-electron chi connectivity index (χ3n) is 5.13. The zero-order valence-corrected chi connectivity index (χ0v) is 19.1. The van der Waals surface area contributed by atoms with E-state index in [1.54, 1.807) is 6.21 Å². The van der Waals surface area contributed by atoms with Crippen LogP contribution in [-0.2, 0) is 11.2 Å². The fourth-order valence-electron chi connectivity index (χ4n) is 3.41. The Labute approximate surface area is 180 Å². The molecule has 0 aliphatic heterocycles. The number of amides is 1. The van der Waals surface area contributed by atoms with Crippen LogP contribution in [0.15, 0.2) is 52.0 Å². The molecule has 3 aromatic rings. The van der Waals surface area contributed by atoms with Crippen molar-refractivity contribution in [2.45, 2.75) is 41.0 Å². The van der Waals surface area contributed by atoms with Crippen LogP contribution in [-0.4, -0.2) is 16.7 Å². The van der Waals surface area contributed by atoms with Crippen LogP contribution >= 0.6 is 15.9 Å². The Morgan fingerprint density at radius 1 is 1.03 bits per heavy atom. The molecule has 0 aliphatic rings. The number of carbonyl (C=O) groups is 1. The van der Waals surface area contributed by atoms with Gasteiger partial charge in [-0.25, -0.2) is 5.43 Å². The number of hydrogen-bond acceptors (Lipinski definition) is 2. The summed E-state index contributed by atoms with van der Waals surface area (Å²) in [6.45, 7) is 10.2. The maximum Gasteiger partial charge on any atom is 0.244 e. The summed E-state index contributed by atoms with van der Waals surface area (Å²) < 4.78 is 3.26. The molecule has 0 radical (unpaired) electrons. The first-order chi connectivity index (χ1) is 13.8. The second kappa shape index (κ2) is 8.78. The Hall–Kier alpha value is -2.66. The van der Waals surface area contributed by atoms with Gasteiger partial charge in [-0.2, -0.15) is 5.10 Å². The van der Waals surface area contributed by atoms with Gasteiger partial charge in [-0.3, -0.25) is 4.79 Å². The SMILES string of the molecule is Cc1ccc(C)c(CC(=O)N/N=C/c2cc(C)n(-c3ccc(C)c(Br)c3)c2C)c1. The quantitative estimate of drug-likeness (QED) is 0.405. The van der Waals surface area contributed by atoms with Crippen LogP contribution in [0.5, 0.6) is 0 Å². The van der Waals surface area contributed by atoms with Crippen molar-refractivity contribution < 1.29 is 4.79 Å². The molecule has 29 heavy (non-hydrogen) atoms. The first-order valence-electron chi connectivity index (χ1n) is 9.59. The number of nitrogens with one attached hydrogen (secondary N) is 1. The van der Waals surface area contributed by atoms with Gasteiger partial charge in [0.15, 0.2) is 0 Å². The van der Waals surface area contributed by atoms with Crippen molar-refractivity contribution in [3.05, 3.63) is 86.1 Å². The van der Waals surface area contributed by atoms with Gasteiger partial charge in [0.25, 0.3) is 0 Å². The third-order valence-corrected chi connectivity index (χ3v) is 5.99. The summed E-state index contributed by atoms with van der Waals surface area (Å²) in [4.78, 5) is 12.3. The first-order valence-corrected chi connectivity index (χ1v) is 10.4. The highest BCUT2D eigenvalue weighted by Crippen LogP contribution is 2.24. The van der Waals surface area contributed by atoms with Gasteiger partial charge in [-0.15, -0.1) is 0 Å². The second-order valence-corrected chi connectivity index (χ2v) is 8.35. The van der Waals surface area contributed by atoms with Crippen LogP contribution in [0.4, 0.5) is 0 Å². The van der Waals surface area contributed by atoms with E-state index < -0.39 is 0 Å². The standard InChI is InChI=1S/C24H26BrN3O/c1-15-6-7-16(2)20(10-15)12-24(29)27-26-14-21-11-18(4)28(19(21)5)22-9-8-17(3)23(25)13-22/h6-11,13-14H,12H2,1-5H3,(H,27,29)/b26-14+. The minimum atomic E-state index is -0.119. The van der Waals surface area contributed by atoms with Crippen molar-refractivity contribution in [1.29, 1.82) is 0 Å². The van der Waals surface area contributed by atoms with Crippen LogP contribution in [0.1, 0.15) is 39.2 Å². The lowest BCUT2D eigenvalue weighted by Gasteiger charge is -2.11. The summed E-state index contributed by atoms with van der Waals surface area (Å²) in [5, 5.41) is 4.18. The molecule has 5 heteroatoms. The number of carbonyl (C=O) groups excluding carboxylic acids is 1. The van der Waals surface area contributed by atoms with Crippen molar-refractivity contribution in [3.63, 3.8) is 0 Å². The van der Waals surface area contributed by atoms with Crippen LogP contribution < -0.4 is 5.43 Å². The Balaban J connectivity index is 1.73. The number of nitrogens with zero attached hydrogens (tertiary/aromatic N) is 2. The van der Waals surface area contributed by atoms with Crippen molar-refractivity contribution in [2.24, 2.45) is 5.10 Å². The van der Waals surface area contributed by atoms with E-state index >= 15 is 0 Å². The molecule has 0 spiro atoms. The maximum absolute atomic E-state index is 12.3. The summed E-state index contributed by atoms with van der Waals surface area (Å²) in [6, 6.07) is 14.5. The van der Waals surface area contributed by atoms with E-state index in [4.69, 9.17) is 0 Å². The molecular weight excluding hydrogens is 426 g/mol. The van der Waals surface area contributed by atoms with Gasteiger partial charge in [0.05, 0.1) is 12.6 Å². The molecule has 0 unspecified atom stereocenters. The van der Waals surface area contributed by atoms with Crippen LogP contribution in [0, 0.1) is 34.6 Å². The van der Waals surface area contributed by atoms with E-state index in [1.165, 1.54) is 5.56 Å². The molecule has 2 aromatic carbocycles. The lowest BCUT2D eigenvalue weighted by molar-refractivity contribution is -0.120. The molecule has 0 atom stereocenters. The molecule has 1 aromatic heterocycles. The predicted octanol–water partition coefficient (Wildman–Crippen LogP) is 5.47. The molecule has 0 bridgehead atoms. The highest BCUT2D eigenvalue weighted by Gasteiger charge is 2.11. The smallest absolute Gasteiger partial charge is 0.244 e. The molecule has 4 nitrogen and oxygen atoms in total. The Morgan fingerprint density at radius 3 is 2.48 bits per heavy atom. The minimum absolute atomic E-state index is 0.119. The average molecular weight is 452 g/mol. The molecule has 1 heterocycles. The van der Waals surface area contributed by atoms with Crippen molar-refractivity contribution >= 4 is 28.1 Å². The molecule has 150 valence electrons. The molecule has 0 saturated carbocycles. The first kappa shape index (κ1) is 21.1. The van der Waals surface area contributed by atoms with Crippen molar-refractivity contribution in [1.82, 2.24) is 9.99 Å². The molecule has 0 aliphatic carbocycles. The summed E-state index contributed by atoms with van der Waals surface area (Å²) in [6.07, 6.45) is 2.03. The van der Waals surface area contributed by atoms with Crippen molar-refractivity contribution in [2.75, 3.05) is 0 Å². The zero-order chi connectivity index (χ0) is 21.1. The largest absolute Gasteiger partial charge is 0.318 e. The summed E-state index contributed by atoms with van der Waals surface area (Å²) in [7, 11) is 0. The fourth-order valence-corrected chi connectivity index (χ4v) is 3.78. The number of rotatable bonds is 5. The summed E-state index contributed by atoms with van der Waals surface area (Å²) in [5.41, 5.74) is 11.4. The van der Waals surface area contributed by atoms with Crippen molar-refractivity contribution in [3.8, 4) is 5.69 Å². The van der Waals surface area contributed by atoms with Crippen LogP contribution in [0.3, 0.4) is 0 Å². The van der Waals surface area contributed by atoms with Gasteiger partial charge >= 0.3 is 0 Å². The molecular formula is C24H26BrN3O. The van der Waals surface area contributed by atoms with E-state index in [2.05, 4.69) is 82.1 Å². The fraction of sp³-hybridized carbons (Fsp3) is 0.250. The lowest BCUT2D eigenvalue weighted by atomic mass is 10.0. The van der Waals surface area contributed by atoms with Gasteiger partial charge in [-0.1, -0.05) is 45.8 Å². The number of hydrazone groups is 1. The molecule has 1 N–H and O–H groups in total. The highest BCUT2D eigenvalue weighted by atomic mass is 79.9.